The van der Waals surface area contributed by atoms with Gasteiger partial charge in [0.2, 0.25) is 11.8 Å². The molecule has 1 saturated heterocycles. The standard InChI is InChI=1S/C30H36N4O6S/c1-19-8-6-9-20(2)27(19)25-14-26-32-28(31-25)33-41(36,37)24-11-7-10-21(13-24)17-38-18-22-12-23(39-26)16-34(15-22)29(35)40-30(3,4)5/h6-11,13-14,22-23H,12,15-18H2,1-5H3,(H,31,32,33). The summed E-state index contributed by atoms with van der Waals surface area (Å²) in [6, 6.07) is 14.2. The molecule has 41 heavy (non-hydrogen) atoms. The average Bonchev–Trinajstić information content (AvgIpc) is 2.87. The normalized spacial score (nSPS) is 20.6. The van der Waals surface area contributed by atoms with Gasteiger partial charge in [-0.3, -0.25) is 0 Å². The van der Waals surface area contributed by atoms with Crippen LogP contribution in [0.3, 0.4) is 0 Å². The van der Waals surface area contributed by atoms with E-state index < -0.39 is 27.8 Å². The van der Waals surface area contributed by atoms with Crippen molar-refractivity contribution >= 4 is 22.1 Å². The molecule has 2 unspecified atom stereocenters. The van der Waals surface area contributed by atoms with Crippen molar-refractivity contribution < 1.29 is 27.4 Å². The van der Waals surface area contributed by atoms with Gasteiger partial charge in [-0.2, -0.15) is 4.98 Å². The lowest BCUT2D eigenvalue weighted by atomic mass is 9.96. The van der Waals surface area contributed by atoms with Crippen molar-refractivity contribution in [1.82, 2.24) is 14.9 Å². The Morgan fingerprint density at radius 1 is 1.05 bits per heavy atom. The smallest absolute Gasteiger partial charge is 0.410 e. The van der Waals surface area contributed by atoms with Gasteiger partial charge in [0.25, 0.3) is 10.0 Å². The highest BCUT2D eigenvalue weighted by atomic mass is 32.2. The predicted octanol–water partition coefficient (Wildman–Crippen LogP) is 5.10. The van der Waals surface area contributed by atoms with Gasteiger partial charge in [-0.1, -0.05) is 30.3 Å². The minimum absolute atomic E-state index is 0.0316. The number of hydrogen-bond acceptors (Lipinski definition) is 8. The van der Waals surface area contributed by atoms with E-state index in [9.17, 15) is 13.2 Å². The molecule has 2 aromatic carbocycles. The lowest BCUT2D eigenvalue weighted by Gasteiger charge is -2.38. The number of hydrogen-bond donors (Lipinski definition) is 1. The fourth-order valence-corrected chi connectivity index (χ4v) is 6.22. The fraction of sp³-hybridized carbons (Fsp3) is 0.433. The van der Waals surface area contributed by atoms with Crippen molar-refractivity contribution in [2.45, 2.75) is 64.2 Å². The lowest BCUT2D eigenvalue weighted by Crippen LogP contribution is -2.50. The molecule has 0 spiro atoms. The molecule has 11 heteroatoms. The van der Waals surface area contributed by atoms with E-state index >= 15 is 0 Å². The molecular weight excluding hydrogens is 544 g/mol. The Morgan fingerprint density at radius 2 is 1.78 bits per heavy atom. The molecule has 0 radical (unpaired) electrons. The molecule has 1 N–H and O–H groups in total. The zero-order valence-corrected chi connectivity index (χ0v) is 24.8. The van der Waals surface area contributed by atoms with E-state index in [2.05, 4.69) is 14.7 Å². The van der Waals surface area contributed by atoms with E-state index in [0.717, 1.165) is 16.7 Å². The van der Waals surface area contributed by atoms with Crippen LogP contribution in [0.5, 0.6) is 5.88 Å². The molecule has 2 atom stereocenters. The SMILES string of the molecule is Cc1cccc(C)c1-c1cc2nc(n1)NS(=O)(=O)c1cccc(c1)COCC1CC(CN(C(=O)OC(C)(C)C)C1)O2. The molecule has 1 amide bonds. The largest absolute Gasteiger partial charge is 0.472 e. The molecule has 1 fully saturated rings. The number of benzene rings is 2. The molecule has 0 aliphatic carbocycles. The first-order valence-corrected chi connectivity index (χ1v) is 15.1. The fourth-order valence-electron chi connectivity index (χ4n) is 5.21. The molecule has 5 rings (SSSR count). The van der Waals surface area contributed by atoms with Crippen molar-refractivity contribution in [3.63, 3.8) is 0 Å². The predicted molar refractivity (Wildman–Crippen MR) is 154 cm³/mol. The number of carbonyl (C=O) groups is 1. The van der Waals surface area contributed by atoms with Gasteiger partial charge in [-0.25, -0.2) is 22.9 Å². The molecule has 6 bridgehead atoms. The third kappa shape index (κ3) is 6.97. The minimum Gasteiger partial charge on any atom is -0.472 e. The summed E-state index contributed by atoms with van der Waals surface area (Å²) in [6.07, 6.45) is -0.238. The molecule has 3 heterocycles. The number of nitrogens with zero attached hydrogens (tertiary/aromatic N) is 3. The first-order valence-electron chi connectivity index (χ1n) is 13.7. The topological polar surface area (TPSA) is 120 Å². The molecule has 3 aromatic rings. The second kappa shape index (κ2) is 11.3. The first-order chi connectivity index (χ1) is 19.4. The van der Waals surface area contributed by atoms with Gasteiger partial charge in [0.05, 0.1) is 30.3 Å². The van der Waals surface area contributed by atoms with Gasteiger partial charge >= 0.3 is 6.09 Å². The summed E-state index contributed by atoms with van der Waals surface area (Å²) in [5.41, 5.74) is 3.42. The summed E-state index contributed by atoms with van der Waals surface area (Å²) >= 11 is 0. The highest BCUT2D eigenvalue weighted by molar-refractivity contribution is 7.92. The van der Waals surface area contributed by atoms with Crippen LogP contribution in [0.1, 0.15) is 43.9 Å². The van der Waals surface area contributed by atoms with Gasteiger partial charge in [0.15, 0.2) is 0 Å². The van der Waals surface area contributed by atoms with E-state index in [1.165, 1.54) is 6.07 Å². The lowest BCUT2D eigenvalue weighted by molar-refractivity contribution is -0.0188. The van der Waals surface area contributed by atoms with Crippen LogP contribution in [-0.4, -0.2) is 60.8 Å². The van der Waals surface area contributed by atoms with Crippen LogP contribution in [0, 0.1) is 19.8 Å². The number of anilines is 1. The molecule has 10 nitrogen and oxygen atoms in total. The average molecular weight is 581 g/mol. The molecular formula is C30H36N4O6S. The summed E-state index contributed by atoms with van der Waals surface area (Å²) in [5, 5.41) is 0. The first kappa shape index (κ1) is 28.8. The number of aromatic nitrogens is 2. The van der Waals surface area contributed by atoms with Crippen molar-refractivity contribution in [1.29, 1.82) is 0 Å². The number of amides is 1. The summed E-state index contributed by atoms with van der Waals surface area (Å²) < 4.78 is 47.3. The van der Waals surface area contributed by atoms with Gasteiger partial charge in [-0.15, -0.1) is 0 Å². The van der Waals surface area contributed by atoms with E-state index in [-0.39, 0.29) is 35.8 Å². The van der Waals surface area contributed by atoms with Crippen LogP contribution in [0.25, 0.3) is 11.3 Å². The second-order valence-electron chi connectivity index (χ2n) is 11.7. The summed E-state index contributed by atoms with van der Waals surface area (Å²) in [4.78, 5) is 23.8. The van der Waals surface area contributed by atoms with E-state index in [0.29, 0.717) is 30.8 Å². The van der Waals surface area contributed by atoms with Crippen LogP contribution in [-0.2, 0) is 26.1 Å². The van der Waals surface area contributed by atoms with Crippen LogP contribution < -0.4 is 9.46 Å². The maximum atomic E-state index is 13.4. The van der Waals surface area contributed by atoms with Crippen LogP contribution >= 0.6 is 0 Å². The number of carbonyl (C=O) groups excluding carboxylic acids is 1. The quantitative estimate of drug-likeness (QED) is 0.422. The Kier molecular flexibility index (Phi) is 7.93. The van der Waals surface area contributed by atoms with Crippen molar-refractivity contribution in [3.8, 4) is 17.1 Å². The van der Waals surface area contributed by atoms with Gasteiger partial charge in [0, 0.05) is 24.1 Å². The van der Waals surface area contributed by atoms with Crippen molar-refractivity contribution in [3.05, 3.63) is 65.2 Å². The third-order valence-corrected chi connectivity index (χ3v) is 8.26. The van der Waals surface area contributed by atoms with Crippen LogP contribution in [0.2, 0.25) is 0 Å². The zero-order chi connectivity index (χ0) is 29.4. The Labute approximate surface area is 241 Å². The summed E-state index contributed by atoms with van der Waals surface area (Å²) in [6.45, 7) is 10.8. The van der Waals surface area contributed by atoms with E-state index in [1.54, 1.807) is 23.1 Å². The monoisotopic (exact) mass is 580 g/mol. The number of nitrogens with one attached hydrogen (secondary N) is 1. The molecule has 2 aliphatic heterocycles. The maximum absolute atomic E-state index is 13.4. The zero-order valence-electron chi connectivity index (χ0n) is 24.0. The van der Waals surface area contributed by atoms with E-state index in [1.807, 2.05) is 58.9 Å². The number of fused-ring (bicyclic) bond motifs is 6. The van der Waals surface area contributed by atoms with Crippen molar-refractivity contribution in [2.75, 3.05) is 24.4 Å². The number of piperidine rings is 1. The Hall–Kier alpha value is -3.70. The highest BCUT2D eigenvalue weighted by Crippen LogP contribution is 2.31. The number of likely N-dealkylation sites (tertiary alicyclic amines) is 1. The Morgan fingerprint density at radius 3 is 2.51 bits per heavy atom. The van der Waals surface area contributed by atoms with E-state index in [4.69, 9.17) is 14.2 Å². The number of rotatable bonds is 1. The van der Waals surface area contributed by atoms with Crippen LogP contribution in [0.15, 0.2) is 53.4 Å². The second-order valence-corrected chi connectivity index (χ2v) is 13.4. The molecule has 0 saturated carbocycles. The summed E-state index contributed by atoms with van der Waals surface area (Å²) in [5.74, 6) is 0.0681. The highest BCUT2D eigenvalue weighted by Gasteiger charge is 2.34. The third-order valence-electron chi connectivity index (χ3n) is 6.93. The van der Waals surface area contributed by atoms with Crippen LogP contribution in [0.4, 0.5) is 10.7 Å². The molecule has 1 aromatic heterocycles. The maximum Gasteiger partial charge on any atom is 0.410 e. The Bertz CT molecular complexity index is 1530. The minimum atomic E-state index is -4.01. The summed E-state index contributed by atoms with van der Waals surface area (Å²) in [7, 11) is -4.01. The number of aryl methyl sites for hydroxylation is 2. The Balaban J connectivity index is 1.58. The number of ether oxygens (including phenoxy) is 3. The van der Waals surface area contributed by atoms with Crippen molar-refractivity contribution in [2.24, 2.45) is 5.92 Å². The van der Waals surface area contributed by atoms with Gasteiger partial charge in [-0.05, 0) is 69.9 Å². The molecule has 2 aliphatic rings. The van der Waals surface area contributed by atoms with Gasteiger partial charge in [0.1, 0.15) is 11.7 Å². The number of sulfonamides is 1. The van der Waals surface area contributed by atoms with Gasteiger partial charge < -0.3 is 19.1 Å². The molecule has 218 valence electrons.